The molecule has 164 valence electrons. The molecule has 3 aliphatic rings. The molecular weight excluding hydrogens is 412 g/mol. The third-order valence-electron chi connectivity index (χ3n) is 7.12. The summed E-state index contributed by atoms with van der Waals surface area (Å²) in [6, 6.07) is 10.3. The lowest BCUT2D eigenvalue weighted by Crippen LogP contribution is -2.52. The average molecular weight is 441 g/mol. The predicted octanol–water partition coefficient (Wildman–Crippen LogP) is 2.03. The zero-order valence-electron chi connectivity index (χ0n) is 18.0. The van der Waals surface area contributed by atoms with E-state index < -0.39 is 9.84 Å². The summed E-state index contributed by atoms with van der Waals surface area (Å²) in [4.78, 5) is 26.7. The fourth-order valence-corrected chi connectivity index (χ4v) is 5.73. The van der Waals surface area contributed by atoms with Gasteiger partial charge in [-0.2, -0.15) is 0 Å². The van der Waals surface area contributed by atoms with Crippen molar-refractivity contribution < 1.29 is 13.2 Å². The van der Waals surface area contributed by atoms with E-state index in [0.717, 1.165) is 44.2 Å². The van der Waals surface area contributed by atoms with Crippen molar-refractivity contribution >= 4 is 15.7 Å². The van der Waals surface area contributed by atoms with E-state index in [9.17, 15) is 13.2 Å². The first kappa shape index (κ1) is 20.6. The molecule has 3 heterocycles. The summed E-state index contributed by atoms with van der Waals surface area (Å²) in [6.07, 6.45) is 6.26. The van der Waals surface area contributed by atoms with Gasteiger partial charge in [-0.15, -0.1) is 0 Å². The van der Waals surface area contributed by atoms with Crippen molar-refractivity contribution in [1.29, 1.82) is 0 Å². The highest BCUT2D eigenvalue weighted by Crippen LogP contribution is 2.50. The highest BCUT2D eigenvalue weighted by Gasteiger charge is 2.54. The van der Waals surface area contributed by atoms with Crippen LogP contribution in [0.4, 0.5) is 0 Å². The standard InChI is InChI=1S/C23H28N4O3S/c1-26-11-8-18(19(14-26)16-6-4-3-5-7-16)21(28)27-15-20-17(12-23(27)9-10-23)13-24-22(25-20)31(2,29)30/h3-7,13,18-19H,8-12,14-15H2,1-2H3/t18-,19+/m0/s1. The maximum atomic E-state index is 13.9. The van der Waals surface area contributed by atoms with Crippen LogP contribution in [-0.4, -0.2) is 66.0 Å². The number of amides is 1. The molecule has 0 unspecified atom stereocenters. The van der Waals surface area contributed by atoms with Crippen LogP contribution in [0.25, 0.3) is 0 Å². The highest BCUT2D eigenvalue weighted by atomic mass is 32.2. The van der Waals surface area contributed by atoms with Gasteiger partial charge in [0.05, 0.1) is 12.2 Å². The Kier molecular flexibility index (Phi) is 4.90. The molecule has 2 atom stereocenters. The third-order valence-corrected chi connectivity index (χ3v) is 7.98. The van der Waals surface area contributed by atoms with Gasteiger partial charge in [-0.1, -0.05) is 30.3 Å². The molecule has 0 radical (unpaired) electrons. The minimum Gasteiger partial charge on any atom is -0.331 e. The van der Waals surface area contributed by atoms with E-state index >= 15 is 0 Å². The van der Waals surface area contributed by atoms with Gasteiger partial charge in [-0.25, -0.2) is 18.4 Å². The van der Waals surface area contributed by atoms with Crippen LogP contribution < -0.4 is 0 Å². The van der Waals surface area contributed by atoms with Crippen molar-refractivity contribution in [3.05, 3.63) is 53.3 Å². The molecule has 1 saturated heterocycles. The molecule has 1 aromatic heterocycles. The second-order valence-electron chi connectivity index (χ2n) is 9.40. The second-order valence-corrected chi connectivity index (χ2v) is 11.3. The molecule has 1 aromatic carbocycles. The largest absolute Gasteiger partial charge is 0.331 e. The minimum absolute atomic E-state index is 0.0751. The van der Waals surface area contributed by atoms with Crippen molar-refractivity contribution in [2.45, 2.75) is 48.8 Å². The Balaban J connectivity index is 1.47. The molecule has 1 amide bonds. The van der Waals surface area contributed by atoms with Gasteiger partial charge in [0, 0.05) is 36.4 Å². The molecule has 0 N–H and O–H groups in total. The number of sulfone groups is 1. The van der Waals surface area contributed by atoms with E-state index in [-0.39, 0.29) is 28.4 Å². The monoisotopic (exact) mass is 440 g/mol. The van der Waals surface area contributed by atoms with Crippen LogP contribution >= 0.6 is 0 Å². The smallest absolute Gasteiger partial charge is 0.247 e. The topological polar surface area (TPSA) is 83.5 Å². The fourth-order valence-electron chi connectivity index (χ4n) is 5.21. The number of fused-ring (bicyclic) bond motifs is 1. The molecule has 7 nitrogen and oxygen atoms in total. The van der Waals surface area contributed by atoms with Crippen LogP contribution in [0.1, 0.15) is 42.0 Å². The van der Waals surface area contributed by atoms with Crippen molar-refractivity contribution in [2.24, 2.45) is 5.92 Å². The lowest BCUT2D eigenvalue weighted by molar-refractivity contribution is -0.142. The molecule has 0 bridgehead atoms. The van der Waals surface area contributed by atoms with Crippen LogP contribution in [0.3, 0.4) is 0 Å². The zero-order chi connectivity index (χ0) is 21.8. The number of likely N-dealkylation sites (tertiary alicyclic amines) is 1. The van der Waals surface area contributed by atoms with Crippen molar-refractivity contribution in [3.8, 4) is 0 Å². The molecule has 2 aromatic rings. The SMILES string of the molecule is CN1CC[C@H](C(=O)N2Cc3nc(S(C)(=O)=O)ncc3CC23CC3)[C@@H](c2ccccc2)C1. The van der Waals surface area contributed by atoms with Gasteiger partial charge in [-0.3, -0.25) is 4.79 Å². The van der Waals surface area contributed by atoms with E-state index in [1.54, 1.807) is 6.20 Å². The van der Waals surface area contributed by atoms with E-state index in [2.05, 4.69) is 34.0 Å². The van der Waals surface area contributed by atoms with E-state index in [4.69, 9.17) is 0 Å². The first-order valence-corrected chi connectivity index (χ1v) is 12.8. The number of nitrogens with zero attached hydrogens (tertiary/aromatic N) is 4. The maximum Gasteiger partial charge on any atom is 0.247 e. The molecule has 31 heavy (non-hydrogen) atoms. The molecular formula is C23H28N4O3S. The Bertz CT molecular complexity index is 1110. The van der Waals surface area contributed by atoms with Crippen LogP contribution in [-0.2, 0) is 27.6 Å². The third kappa shape index (κ3) is 3.76. The summed E-state index contributed by atoms with van der Waals surface area (Å²) in [5.41, 5.74) is 2.70. The summed E-state index contributed by atoms with van der Waals surface area (Å²) >= 11 is 0. The van der Waals surface area contributed by atoms with Gasteiger partial charge in [0.2, 0.25) is 20.9 Å². The Hall–Kier alpha value is -2.32. The van der Waals surface area contributed by atoms with E-state index in [1.165, 1.54) is 5.56 Å². The number of hydrogen-bond donors (Lipinski definition) is 0. The summed E-state index contributed by atoms with van der Waals surface area (Å²) in [7, 11) is -1.38. The molecule has 8 heteroatoms. The average Bonchev–Trinajstić information content (AvgIpc) is 3.52. The molecule has 5 rings (SSSR count). The number of piperidine rings is 1. The number of hydrogen-bond acceptors (Lipinski definition) is 6. The lowest BCUT2D eigenvalue weighted by atomic mass is 9.79. The molecule has 1 spiro atoms. The number of benzene rings is 1. The minimum atomic E-state index is -3.49. The summed E-state index contributed by atoms with van der Waals surface area (Å²) in [5.74, 6) is 0.264. The Labute approximate surface area is 183 Å². The molecule has 2 aliphatic heterocycles. The Morgan fingerprint density at radius 2 is 1.94 bits per heavy atom. The second kappa shape index (κ2) is 7.38. The quantitative estimate of drug-likeness (QED) is 0.679. The molecule has 2 fully saturated rings. The first-order chi connectivity index (χ1) is 14.8. The van der Waals surface area contributed by atoms with Gasteiger partial charge in [0.1, 0.15) is 0 Å². The van der Waals surface area contributed by atoms with Crippen molar-refractivity contribution in [3.63, 3.8) is 0 Å². The van der Waals surface area contributed by atoms with Crippen molar-refractivity contribution in [1.82, 2.24) is 19.8 Å². The summed E-state index contributed by atoms with van der Waals surface area (Å²) in [5, 5.41) is -0.160. The van der Waals surface area contributed by atoms with Crippen LogP contribution in [0.15, 0.2) is 41.7 Å². The molecule has 1 aliphatic carbocycles. The van der Waals surface area contributed by atoms with E-state index in [1.807, 2.05) is 23.1 Å². The van der Waals surface area contributed by atoms with Gasteiger partial charge in [-0.05, 0) is 50.4 Å². The van der Waals surface area contributed by atoms with E-state index in [0.29, 0.717) is 18.7 Å². The Morgan fingerprint density at radius 1 is 1.19 bits per heavy atom. The van der Waals surface area contributed by atoms with Crippen LogP contribution in [0.5, 0.6) is 0 Å². The lowest BCUT2D eigenvalue weighted by Gasteiger charge is -2.43. The number of likely N-dealkylation sites (N-methyl/N-ethyl adjacent to an activating group) is 1. The van der Waals surface area contributed by atoms with Crippen LogP contribution in [0.2, 0.25) is 0 Å². The van der Waals surface area contributed by atoms with Gasteiger partial charge >= 0.3 is 0 Å². The maximum absolute atomic E-state index is 13.9. The van der Waals surface area contributed by atoms with Gasteiger partial charge in [0.25, 0.3) is 0 Å². The summed E-state index contributed by atoms with van der Waals surface area (Å²) < 4.78 is 23.9. The first-order valence-electron chi connectivity index (χ1n) is 10.9. The molecule has 1 saturated carbocycles. The number of carbonyl (C=O) groups is 1. The highest BCUT2D eigenvalue weighted by molar-refractivity contribution is 7.90. The number of aromatic nitrogens is 2. The zero-order valence-corrected chi connectivity index (χ0v) is 18.8. The number of carbonyl (C=O) groups excluding carboxylic acids is 1. The fraction of sp³-hybridized carbons (Fsp3) is 0.522. The van der Waals surface area contributed by atoms with Crippen LogP contribution in [0, 0.1) is 5.92 Å². The van der Waals surface area contributed by atoms with Gasteiger partial charge < -0.3 is 9.80 Å². The number of rotatable bonds is 3. The Morgan fingerprint density at radius 3 is 2.61 bits per heavy atom. The normalized spacial score (nSPS) is 25.3. The van der Waals surface area contributed by atoms with Gasteiger partial charge in [0.15, 0.2) is 0 Å². The van der Waals surface area contributed by atoms with Crippen molar-refractivity contribution in [2.75, 3.05) is 26.4 Å². The predicted molar refractivity (Wildman–Crippen MR) is 116 cm³/mol. The summed E-state index contributed by atoms with van der Waals surface area (Å²) in [6.45, 7) is 2.13.